The van der Waals surface area contributed by atoms with Crippen LogP contribution >= 0.6 is 0 Å². The minimum absolute atomic E-state index is 0.154. The molecule has 6 rings (SSSR count). The van der Waals surface area contributed by atoms with Gasteiger partial charge in [0.15, 0.2) is 0 Å². The average Bonchev–Trinajstić information content (AvgIpc) is 3.66. The Morgan fingerprint density at radius 2 is 1.83 bits per heavy atom. The molecule has 2 saturated heterocycles. The Labute approximate surface area is 263 Å². The van der Waals surface area contributed by atoms with E-state index in [1.807, 2.05) is 29.2 Å². The summed E-state index contributed by atoms with van der Waals surface area (Å²) in [5.41, 5.74) is 14.7. The van der Waals surface area contributed by atoms with Gasteiger partial charge in [-0.2, -0.15) is 28.2 Å². The molecule has 46 heavy (non-hydrogen) atoms. The fourth-order valence-electron chi connectivity index (χ4n) is 6.29. The second-order valence-corrected chi connectivity index (χ2v) is 12.0. The number of nitrogens with zero attached hydrogens (tertiary/aromatic N) is 5. The highest BCUT2D eigenvalue weighted by atomic mass is 19.4. The summed E-state index contributed by atoms with van der Waals surface area (Å²) in [6.45, 7) is 3.79. The van der Waals surface area contributed by atoms with E-state index in [2.05, 4.69) is 20.4 Å². The van der Waals surface area contributed by atoms with Crippen LogP contribution in [-0.2, 0) is 11.3 Å². The number of rotatable bonds is 8. The molecule has 1 spiro atoms. The summed E-state index contributed by atoms with van der Waals surface area (Å²) in [5.74, 6) is -1.06. The first-order valence-electron chi connectivity index (χ1n) is 15.0. The number of carboxylic acid groups (broad SMARTS) is 1. The Bertz CT molecular complexity index is 1720. The number of aromatic nitrogens is 4. The van der Waals surface area contributed by atoms with Crippen molar-refractivity contribution in [2.45, 2.75) is 51.1 Å². The van der Waals surface area contributed by atoms with Gasteiger partial charge in [-0.15, -0.1) is 0 Å². The molecular formula is C32H35F3N8O3. The molecule has 4 aromatic rings. The highest BCUT2D eigenvalue weighted by Crippen LogP contribution is 2.42. The van der Waals surface area contributed by atoms with Gasteiger partial charge in [0.25, 0.3) is 0 Å². The third kappa shape index (κ3) is 6.49. The minimum atomic E-state index is -4.82. The second kappa shape index (κ2) is 12.2. The van der Waals surface area contributed by atoms with E-state index in [-0.39, 0.29) is 28.5 Å². The number of nitrogen functional groups attached to an aromatic ring is 1. The number of benzene rings is 2. The first kappa shape index (κ1) is 31.3. The number of alkyl halides is 3. The molecule has 2 aromatic heterocycles. The van der Waals surface area contributed by atoms with Crippen LogP contribution in [0.2, 0.25) is 0 Å². The quantitative estimate of drug-likeness (QED) is 0.219. The van der Waals surface area contributed by atoms with Crippen LogP contribution in [0, 0.1) is 12.3 Å². The van der Waals surface area contributed by atoms with Crippen LogP contribution in [0.3, 0.4) is 0 Å². The smallest absolute Gasteiger partial charge is 0.429 e. The van der Waals surface area contributed by atoms with Gasteiger partial charge in [-0.3, -0.25) is 4.79 Å². The summed E-state index contributed by atoms with van der Waals surface area (Å²) in [7, 11) is 0. The predicted molar refractivity (Wildman–Crippen MR) is 165 cm³/mol. The van der Waals surface area contributed by atoms with E-state index in [1.54, 1.807) is 31.3 Å². The first-order valence-corrected chi connectivity index (χ1v) is 15.0. The van der Waals surface area contributed by atoms with E-state index in [0.717, 1.165) is 11.1 Å². The zero-order chi connectivity index (χ0) is 32.6. The molecule has 2 atom stereocenters. The number of aliphatic carboxylic acids is 1. The van der Waals surface area contributed by atoms with Crippen LogP contribution in [0.5, 0.6) is 5.88 Å². The molecule has 6 N–H and O–H groups in total. The Morgan fingerprint density at radius 3 is 2.43 bits per heavy atom. The van der Waals surface area contributed by atoms with Gasteiger partial charge in [0.2, 0.25) is 17.9 Å². The zero-order valence-electron chi connectivity index (χ0n) is 25.2. The van der Waals surface area contributed by atoms with Crippen molar-refractivity contribution < 1.29 is 27.8 Å². The second-order valence-electron chi connectivity index (χ2n) is 12.0. The molecule has 2 aromatic carbocycles. The molecule has 0 saturated carbocycles. The number of hydrogen-bond donors (Lipinski definition) is 4. The Hall–Kier alpha value is -4.69. The molecule has 4 heterocycles. The van der Waals surface area contributed by atoms with E-state index in [1.165, 1.54) is 16.8 Å². The number of anilines is 2. The number of nitrogens with one attached hydrogen (secondary N) is 1. The number of hydrogen-bond acceptors (Lipinski definition) is 9. The van der Waals surface area contributed by atoms with Gasteiger partial charge in [0, 0.05) is 44.0 Å². The number of carboxylic acids is 1. The number of halogens is 3. The van der Waals surface area contributed by atoms with Crippen LogP contribution in [-0.4, -0.2) is 62.7 Å². The lowest BCUT2D eigenvalue weighted by Gasteiger charge is -2.39. The van der Waals surface area contributed by atoms with Gasteiger partial charge in [-0.25, -0.2) is 4.68 Å². The summed E-state index contributed by atoms with van der Waals surface area (Å²) in [4.78, 5) is 21.6. The fraction of sp³-hybridized carbons (Fsp3) is 0.375. The molecule has 242 valence electrons. The van der Waals surface area contributed by atoms with Gasteiger partial charge in [0.1, 0.15) is 11.9 Å². The third-order valence-electron chi connectivity index (χ3n) is 8.85. The summed E-state index contributed by atoms with van der Waals surface area (Å²) < 4.78 is 51.5. The maximum Gasteiger partial charge on any atom is 0.429 e. The minimum Gasteiger partial charge on any atom is -0.480 e. The lowest BCUT2D eigenvalue weighted by Crippen LogP contribution is -2.41. The molecule has 0 bridgehead atoms. The standard InChI is InChI=1S/C32H35F3N8O3/c1-19-8-11-43(41-19)25-14-22(21-4-2-20(17-36)3-5-21)6-7-23(25)28(32(33,34)35)46-27-15-26(39-30(37)40-27)42-12-9-31(10-13-42)16-24(29(44)45)38-18-31/h2-8,11,14-15,24,28,38H,9-10,12-13,16-18,36H2,1H3,(H,44,45)(H2,37,39,40). The van der Waals surface area contributed by atoms with Crippen molar-refractivity contribution >= 4 is 17.7 Å². The molecule has 0 aliphatic carbocycles. The van der Waals surface area contributed by atoms with Gasteiger partial charge >= 0.3 is 12.1 Å². The van der Waals surface area contributed by atoms with Crippen LogP contribution in [0.15, 0.2) is 60.8 Å². The Kier molecular flexibility index (Phi) is 8.33. The lowest BCUT2D eigenvalue weighted by molar-refractivity contribution is -0.198. The van der Waals surface area contributed by atoms with Crippen molar-refractivity contribution in [1.82, 2.24) is 25.1 Å². The number of carbonyl (C=O) groups is 1. The summed E-state index contributed by atoms with van der Waals surface area (Å²) in [6, 6.07) is 14.6. The summed E-state index contributed by atoms with van der Waals surface area (Å²) in [5, 5.41) is 16.9. The molecule has 2 aliphatic heterocycles. The van der Waals surface area contributed by atoms with Crippen molar-refractivity contribution in [3.05, 3.63) is 77.6 Å². The van der Waals surface area contributed by atoms with Gasteiger partial charge in [0.05, 0.1) is 11.4 Å². The summed E-state index contributed by atoms with van der Waals surface area (Å²) >= 11 is 0. The van der Waals surface area contributed by atoms with Gasteiger partial charge in [-0.1, -0.05) is 36.4 Å². The Morgan fingerprint density at radius 1 is 1.11 bits per heavy atom. The van der Waals surface area contributed by atoms with Crippen LogP contribution in [0.1, 0.15) is 42.2 Å². The molecule has 0 radical (unpaired) electrons. The number of aryl methyl sites for hydroxylation is 1. The highest BCUT2D eigenvalue weighted by molar-refractivity contribution is 5.74. The molecule has 2 unspecified atom stereocenters. The molecule has 2 aliphatic rings. The molecule has 0 amide bonds. The summed E-state index contributed by atoms with van der Waals surface area (Å²) in [6.07, 6.45) is -3.70. The van der Waals surface area contributed by atoms with Crippen LogP contribution < -0.4 is 26.4 Å². The highest BCUT2D eigenvalue weighted by Gasteiger charge is 2.46. The van der Waals surface area contributed by atoms with Crippen molar-refractivity contribution in [2.75, 3.05) is 30.3 Å². The lowest BCUT2D eigenvalue weighted by atomic mass is 9.76. The Balaban J connectivity index is 1.30. The topological polar surface area (TPSA) is 157 Å². The monoisotopic (exact) mass is 636 g/mol. The average molecular weight is 637 g/mol. The fourth-order valence-corrected chi connectivity index (χ4v) is 6.29. The van der Waals surface area contributed by atoms with E-state index < -0.39 is 24.3 Å². The van der Waals surface area contributed by atoms with Crippen molar-refractivity contribution in [3.8, 4) is 22.7 Å². The van der Waals surface area contributed by atoms with E-state index in [9.17, 15) is 23.1 Å². The van der Waals surface area contributed by atoms with Gasteiger partial charge < -0.3 is 31.5 Å². The van der Waals surface area contributed by atoms with Crippen LogP contribution in [0.25, 0.3) is 16.8 Å². The first-order chi connectivity index (χ1) is 21.9. The van der Waals surface area contributed by atoms with Crippen LogP contribution in [0.4, 0.5) is 24.9 Å². The number of piperidine rings is 1. The zero-order valence-corrected chi connectivity index (χ0v) is 25.2. The van der Waals surface area contributed by atoms with Crippen molar-refractivity contribution in [3.63, 3.8) is 0 Å². The molecule has 11 nitrogen and oxygen atoms in total. The normalized spacial score (nSPS) is 18.5. The SMILES string of the molecule is Cc1ccn(-c2cc(-c3ccc(CN)cc3)ccc2C(Oc2cc(N3CCC4(CC3)CNC(C(=O)O)C4)nc(N)n2)C(F)(F)F)n1. The maximum absolute atomic E-state index is 14.8. The van der Waals surface area contributed by atoms with Gasteiger partial charge in [-0.05, 0) is 60.4 Å². The van der Waals surface area contributed by atoms with E-state index in [4.69, 9.17) is 16.2 Å². The van der Waals surface area contributed by atoms with E-state index >= 15 is 0 Å². The largest absolute Gasteiger partial charge is 0.480 e. The molecular weight excluding hydrogens is 601 g/mol. The maximum atomic E-state index is 14.8. The molecule has 2 fully saturated rings. The molecule has 14 heteroatoms. The predicted octanol–water partition coefficient (Wildman–Crippen LogP) is 4.39. The number of nitrogens with two attached hydrogens (primary N) is 2. The third-order valence-corrected chi connectivity index (χ3v) is 8.85. The van der Waals surface area contributed by atoms with E-state index in [0.29, 0.717) is 62.5 Å². The van der Waals surface area contributed by atoms with Crippen molar-refractivity contribution in [2.24, 2.45) is 11.1 Å². The van der Waals surface area contributed by atoms with Crippen molar-refractivity contribution in [1.29, 1.82) is 0 Å². The number of ether oxygens (including phenoxy) is 1.